The molecule has 0 fully saturated rings. The van der Waals surface area contributed by atoms with Crippen LogP contribution in [0.3, 0.4) is 0 Å². The highest BCUT2D eigenvalue weighted by atomic mass is 16.5. The van der Waals surface area contributed by atoms with E-state index in [-0.39, 0.29) is 0 Å². The summed E-state index contributed by atoms with van der Waals surface area (Å²) in [6.07, 6.45) is 2.98. The first-order valence-corrected chi connectivity index (χ1v) is 6.43. The molecule has 0 saturated heterocycles. The molecule has 0 aliphatic carbocycles. The maximum Gasteiger partial charge on any atom is 0.0700 e. The molecule has 4 heteroatoms. The third-order valence-corrected chi connectivity index (χ3v) is 2.90. The summed E-state index contributed by atoms with van der Waals surface area (Å²) in [4.78, 5) is 0. The van der Waals surface area contributed by atoms with Crippen LogP contribution < -0.4 is 11.3 Å². The lowest BCUT2D eigenvalue weighted by molar-refractivity contribution is 0.0654. The summed E-state index contributed by atoms with van der Waals surface area (Å²) in [6, 6.07) is 10.7. The zero-order valence-electron chi connectivity index (χ0n) is 11.1. The van der Waals surface area contributed by atoms with Crippen LogP contribution in [0, 0.1) is 0 Å². The minimum Gasteiger partial charge on any atom is -0.382 e. The van der Waals surface area contributed by atoms with Gasteiger partial charge in [0.1, 0.15) is 0 Å². The van der Waals surface area contributed by atoms with Gasteiger partial charge >= 0.3 is 0 Å². The number of hydrogen-bond acceptors (Lipinski definition) is 4. The van der Waals surface area contributed by atoms with E-state index in [9.17, 15) is 0 Å². The van der Waals surface area contributed by atoms with Gasteiger partial charge in [-0.15, -0.1) is 0 Å². The summed E-state index contributed by atoms with van der Waals surface area (Å²) in [7, 11) is 1.67. The molecular formula is C14H24N2O2. The van der Waals surface area contributed by atoms with Crippen molar-refractivity contribution in [2.45, 2.75) is 25.3 Å². The summed E-state index contributed by atoms with van der Waals surface area (Å²) in [5, 5.41) is 0. The maximum atomic E-state index is 5.55. The highest BCUT2D eigenvalue weighted by Crippen LogP contribution is 2.06. The lowest BCUT2D eigenvalue weighted by atomic mass is 10.0. The van der Waals surface area contributed by atoms with Gasteiger partial charge in [-0.05, 0) is 24.8 Å². The average molecular weight is 252 g/mol. The zero-order valence-corrected chi connectivity index (χ0v) is 11.1. The van der Waals surface area contributed by atoms with Gasteiger partial charge in [0, 0.05) is 19.8 Å². The van der Waals surface area contributed by atoms with E-state index >= 15 is 0 Å². The number of methoxy groups -OCH3 is 1. The van der Waals surface area contributed by atoms with E-state index in [0.29, 0.717) is 25.9 Å². The van der Waals surface area contributed by atoms with Crippen molar-refractivity contribution in [3.63, 3.8) is 0 Å². The molecule has 4 nitrogen and oxygen atoms in total. The summed E-state index contributed by atoms with van der Waals surface area (Å²) in [5.41, 5.74) is 4.20. The minimum absolute atomic E-state index is 0.299. The summed E-state index contributed by atoms with van der Waals surface area (Å²) >= 11 is 0. The van der Waals surface area contributed by atoms with Crippen LogP contribution in [0.4, 0.5) is 0 Å². The van der Waals surface area contributed by atoms with E-state index in [1.807, 2.05) is 6.07 Å². The number of hydrazine groups is 1. The Bertz CT molecular complexity index is 293. The van der Waals surface area contributed by atoms with Gasteiger partial charge in [0.2, 0.25) is 0 Å². The minimum atomic E-state index is 0.299. The fourth-order valence-corrected chi connectivity index (χ4v) is 1.77. The summed E-state index contributed by atoms with van der Waals surface area (Å²) < 4.78 is 10.4. The second-order valence-corrected chi connectivity index (χ2v) is 4.28. The van der Waals surface area contributed by atoms with Gasteiger partial charge in [-0.3, -0.25) is 11.3 Å². The largest absolute Gasteiger partial charge is 0.382 e. The lowest BCUT2D eigenvalue weighted by Gasteiger charge is -2.15. The van der Waals surface area contributed by atoms with Gasteiger partial charge in [0.25, 0.3) is 0 Å². The third kappa shape index (κ3) is 6.71. The molecule has 0 amide bonds. The van der Waals surface area contributed by atoms with Crippen molar-refractivity contribution in [1.29, 1.82) is 0 Å². The Morgan fingerprint density at radius 3 is 2.56 bits per heavy atom. The smallest absolute Gasteiger partial charge is 0.0700 e. The van der Waals surface area contributed by atoms with E-state index in [1.54, 1.807) is 7.11 Å². The van der Waals surface area contributed by atoms with Gasteiger partial charge in [-0.25, -0.2) is 0 Å². The molecule has 1 rings (SSSR count). The van der Waals surface area contributed by atoms with Crippen molar-refractivity contribution >= 4 is 0 Å². The summed E-state index contributed by atoms with van der Waals surface area (Å²) in [5.74, 6) is 5.55. The first-order chi connectivity index (χ1) is 8.86. The molecule has 102 valence electrons. The van der Waals surface area contributed by atoms with E-state index in [0.717, 1.165) is 19.3 Å². The topological polar surface area (TPSA) is 56.5 Å². The van der Waals surface area contributed by atoms with Crippen LogP contribution in [-0.4, -0.2) is 33.0 Å². The molecule has 0 aliphatic heterocycles. The van der Waals surface area contributed by atoms with Crippen LogP contribution in [-0.2, 0) is 15.9 Å². The van der Waals surface area contributed by atoms with Crippen LogP contribution in [0.25, 0.3) is 0 Å². The van der Waals surface area contributed by atoms with Crippen LogP contribution in [0.1, 0.15) is 18.4 Å². The van der Waals surface area contributed by atoms with Crippen LogP contribution in [0.5, 0.6) is 0 Å². The standard InChI is InChI=1S/C14H24N2O2/c1-17-11-12-18-10-9-14(16-15)8-7-13-5-3-2-4-6-13/h2-6,14,16H,7-12,15H2,1H3. The molecule has 1 aromatic rings. The lowest BCUT2D eigenvalue weighted by Crippen LogP contribution is -2.36. The van der Waals surface area contributed by atoms with Crippen molar-refractivity contribution in [2.24, 2.45) is 5.84 Å². The van der Waals surface area contributed by atoms with E-state index in [2.05, 4.69) is 29.7 Å². The Hall–Kier alpha value is -0.940. The molecule has 0 bridgehead atoms. The average Bonchev–Trinajstić information content (AvgIpc) is 2.43. The van der Waals surface area contributed by atoms with Gasteiger partial charge in [0.05, 0.1) is 13.2 Å². The Labute approximate surface area is 109 Å². The quantitative estimate of drug-likeness (QED) is 0.376. The number of aryl methyl sites for hydroxylation is 1. The molecule has 0 aliphatic rings. The van der Waals surface area contributed by atoms with Gasteiger partial charge in [-0.2, -0.15) is 0 Å². The van der Waals surface area contributed by atoms with Crippen molar-refractivity contribution in [1.82, 2.24) is 5.43 Å². The second kappa shape index (κ2) is 10.0. The fourth-order valence-electron chi connectivity index (χ4n) is 1.77. The number of nitrogens with two attached hydrogens (primary N) is 1. The predicted octanol–water partition coefficient (Wildman–Crippen LogP) is 1.50. The zero-order chi connectivity index (χ0) is 13.1. The van der Waals surface area contributed by atoms with E-state index in [4.69, 9.17) is 15.3 Å². The number of benzene rings is 1. The molecule has 0 spiro atoms. The molecule has 3 N–H and O–H groups in total. The van der Waals surface area contributed by atoms with Gasteiger partial charge in [0.15, 0.2) is 0 Å². The van der Waals surface area contributed by atoms with E-state index in [1.165, 1.54) is 5.56 Å². The number of nitrogens with one attached hydrogen (secondary N) is 1. The second-order valence-electron chi connectivity index (χ2n) is 4.28. The van der Waals surface area contributed by atoms with E-state index < -0.39 is 0 Å². The number of ether oxygens (including phenoxy) is 2. The number of hydrogen-bond donors (Lipinski definition) is 2. The molecular weight excluding hydrogens is 228 g/mol. The van der Waals surface area contributed by atoms with Gasteiger partial charge in [-0.1, -0.05) is 30.3 Å². The Morgan fingerprint density at radius 2 is 1.89 bits per heavy atom. The summed E-state index contributed by atoms with van der Waals surface area (Å²) in [6.45, 7) is 2.00. The molecule has 0 heterocycles. The van der Waals surface area contributed by atoms with Crippen molar-refractivity contribution in [2.75, 3.05) is 26.9 Å². The Kier molecular flexibility index (Phi) is 8.42. The molecule has 1 aromatic carbocycles. The van der Waals surface area contributed by atoms with Crippen LogP contribution in [0.2, 0.25) is 0 Å². The highest BCUT2D eigenvalue weighted by Gasteiger charge is 2.06. The monoisotopic (exact) mass is 252 g/mol. The maximum absolute atomic E-state index is 5.55. The SMILES string of the molecule is COCCOCCC(CCc1ccccc1)NN. The number of rotatable bonds is 10. The highest BCUT2D eigenvalue weighted by molar-refractivity contribution is 5.14. The first-order valence-electron chi connectivity index (χ1n) is 6.43. The predicted molar refractivity (Wildman–Crippen MR) is 73.2 cm³/mol. The third-order valence-electron chi connectivity index (χ3n) is 2.90. The molecule has 0 radical (unpaired) electrons. The Balaban J connectivity index is 2.13. The van der Waals surface area contributed by atoms with Crippen LogP contribution in [0.15, 0.2) is 30.3 Å². The molecule has 1 unspecified atom stereocenters. The normalized spacial score (nSPS) is 12.6. The molecule has 0 saturated carbocycles. The first kappa shape index (κ1) is 15.1. The van der Waals surface area contributed by atoms with Crippen molar-refractivity contribution in [3.8, 4) is 0 Å². The van der Waals surface area contributed by atoms with Crippen LogP contribution >= 0.6 is 0 Å². The van der Waals surface area contributed by atoms with Gasteiger partial charge < -0.3 is 9.47 Å². The molecule has 0 aromatic heterocycles. The van der Waals surface area contributed by atoms with Crippen molar-refractivity contribution in [3.05, 3.63) is 35.9 Å². The molecule has 18 heavy (non-hydrogen) atoms. The Morgan fingerprint density at radius 1 is 1.11 bits per heavy atom. The fraction of sp³-hybridized carbons (Fsp3) is 0.571. The van der Waals surface area contributed by atoms with Crippen molar-refractivity contribution < 1.29 is 9.47 Å². The molecule has 1 atom stereocenters.